The molecule has 0 atom stereocenters. The summed E-state index contributed by atoms with van der Waals surface area (Å²) in [5.41, 5.74) is 1.01. The lowest BCUT2D eigenvalue weighted by atomic mass is 10.2. The van der Waals surface area contributed by atoms with E-state index in [1.54, 1.807) is 12.4 Å². The fraction of sp³-hybridized carbons (Fsp3) is 0.522. The molecule has 0 amide bonds. The van der Waals surface area contributed by atoms with Crippen molar-refractivity contribution in [2.75, 3.05) is 60.9 Å². The van der Waals surface area contributed by atoms with Gasteiger partial charge in [-0.3, -0.25) is 4.79 Å². The summed E-state index contributed by atoms with van der Waals surface area (Å²) in [6.07, 6.45) is 8.08. The van der Waals surface area contributed by atoms with Crippen LogP contribution in [0.1, 0.15) is 32.6 Å². The number of hydrogen-bond acceptors (Lipinski definition) is 9. The lowest BCUT2D eigenvalue weighted by Crippen LogP contribution is -2.46. The molecule has 0 bridgehead atoms. The van der Waals surface area contributed by atoms with Crippen molar-refractivity contribution in [3.63, 3.8) is 0 Å². The first-order chi connectivity index (χ1) is 16.2. The highest BCUT2D eigenvalue weighted by Gasteiger charge is 2.19. The highest BCUT2D eigenvalue weighted by atomic mass is 16.1. The van der Waals surface area contributed by atoms with Gasteiger partial charge in [-0.1, -0.05) is 19.8 Å². The van der Waals surface area contributed by atoms with Crippen molar-refractivity contribution in [2.24, 2.45) is 0 Å². The molecule has 33 heavy (non-hydrogen) atoms. The van der Waals surface area contributed by atoms with Crippen LogP contribution in [0.2, 0.25) is 0 Å². The summed E-state index contributed by atoms with van der Waals surface area (Å²) in [7, 11) is 0. The van der Waals surface area contributed by atoms with Crippen molar-refractivity contribution in [3.8, 4) is 0 Å². The number of hydrogen-bond donors (Lipinski definition) is 2. The van der Waals surface area contributed by atoms with Gasteiger partial charge in [-0.05, 0) is 31.5 Å². The molecule has 0 saturated carbocycles. The van der Waals surface area contributed by atoms with Gasteiger partial charge < -0.3 is 20.0 Å². The monoisotopic (exact) mass is 449 g/mol. The Kier molecular flexibility index (Phi) is 6.34. The summed E-state index contributed by atoms with van der Waals surface area (Å²) in [6.45, 7) is 9.20. The molecule has 10 heteroatoms. The van der Waals surface area contributed by atoms with Gasteiger partial charge in [0.05, 0.1) is 18.1 Å². The van der Waals surface area contributed by atoms with E-state index < -0.39 is 0 Å². The van der Waals surface area contributed by atoms with E-state index in [-0.39, 0.29) is 5.56 Å². The minimum atomic E-state index is -0.309. The van der Waals surface area contributed by atoms with Gasteiger partial charge >= 0.3 is 0 Å². The van der Waals surface area contributed by atoms with Gasteiger partial charge in [0.25, 0.3) is 5.56 Å². The molecule has 2 aliphatic heterocycles. The van der Waals surface area contributed by atoms with E-state index in [0.717, 1.165) is 70.2 Å². The number of anilines is 4. The van der Waals surface area contributed by atoms with Gasteiger partial charge in [0.1, 0.15) is 22.5 Å². The molecule has 5 heterocycles. The Morgan fingerprint density at radius 3 is 2.42 bits per heavy atom. The van der Waals surface area contributed by atoms with Crippen LogP contribution >= 0.6 is 0 Å². The van der Waals surface area contributed by atoms with E-state index in [4.69, 9.17) is 4.98 Å². The summed E-state index contributed by atoms with van der Waals surface area (Å²) >= 11 is 0. The number of aromatic amines is 1. The standard InChI is InChI=1S/C23H31N9O/c1-2-30-11-13-31(14-12-30)19-8-7-17(15-24-19)26-21-20-18(16-25-29-22(20)33)27-23(28-21)32-9-5-3-4-6-10-32/h7-8,15-16H,2-6,9-14H2,1H3,(H,29,33)(H,26,27,28). The SMILES string of the molecule is CCN1CCN(c2ccc(Nc3nc(N4CCCCCC4)nc4cn[nH]c(=O)c34)cn2)CC1. The molecule has 0 aromatic carbocycles. The quantitative estimate of drug-likeness (QED) is 0.607. The summed E-state index contributed by atoms with van der Waals surface area (Å²) < 4.78 is 0. The Bertz CT molecular complexity index is 1130. The first-order valence-electron chi connectivity index (χ1n) is 11.9. The van der Waals surface area contributed by atoms with E-state index in [1.165, 1.54) is 12.8 Å². The lowest BCUT2D eigenvalue weighted by Gasteiger charge is -2.34. The molecule has 2 aliphatic rings. The van der Waals surface area contributed by atoms with Crippen molar-refractivity contribution in [1.29, 1.82) is 0 Å². The summed E-state index contributed by atoms with van der Waals surface area (Å²) in [5, 5.41) is 10.2. The Labute approximate surface area is 193 Å². The van der Waals surface area contributed by atoms with Crippen LogP contribution in [0.5, 0.6) is 0 Å². The van der Waals surface area contributed by atoms with E-state index in [2.05, 4.69) is 47.1 Å². The van der Waals surface area contributed by atoms with Gasteiger partial charge in [0.15, 0.2) is 0 Å². The van der Waals surface area contributed by atoms with Crippen LogP contribution in [0.15, 0.2) is 29.3 Å². The zero-order chi connectivity index (χ0) is 22.6. The Hall–Kier alpha value is -3.27. The summed E-state index contributed by atoms with van der Waals surface area (Å²) in [6, 6.07) is 4.01. The normalized spacial score (nSPS) is 17.8. The van der Waals surface area contributed by atoms with Crippen LogP contribution in [0.3, 0.4) is 0 Å². The number of nitrogens with one attached hydrogen (secondary N) is 2. The Balaban J connectivity index is 1.41. The van der Waals surface area contributed by atoms with Gasteiger partial charge in [0, 0.05) is 39.3 Å². The molecule has 3 aromatic rings. The van der Waals surface area contributed by atoms with Gasteiger partial charge in [-0.2, -0.15) is 10.1 Å². The molecule has 3 aromatic heterocycles. The van der Waals surface area contributed by atoms with Crippen LogP contribution in [0, 0.1) is 0 Å². The first kappa shape index (κ1) is 21.6. The second kappa shape index (κ2) is 9.70. The zero-order valence-corrected chi connectivity index (χ0v) is 19.1. The number of likely N-dealkylation sites (N-methyl/N-ethyl adjacent to an activating group) is 1. The second-order valence-corrected chi connectivity index (χ2v) is 8.68. The number of H-pyrrole nitrogens is 1. The number of nitrogens with zero attached hydrogens (tertiary/aromatic N) is 7. The molecule has 2 fully saturated rings. The van der Waals surface area contributed by atoms with Gasteiger partial charge in [-0.25, -0.2) is 15.1 Å². The van der Waals surface area contributed by atoms with Crippen LogP contribution in [0.4, 0.5) is 23.3 Å². The van der Waals surface area contributed by atoms with Crippen molar-refractivity contribution >= 4 is 34.2 Å². The third-order valence-corrected chi connectivity index (χ3v) is 6.55. The predicted molar refractivity (Wildman–Crippen MR) is 130 cm³/mol. The zero-order valence-electron chi connectivity index (χ0n) is 19.1. The van der Waals surface area contributed by atoms with E-state index >= 15 is 0 Å². The number of aromatic nitrogens is 5. The minimum Gasteiger partial charge on any atom is -0.354 e. The third kappa shape index (κ3) is 4.75. The minimum absolute atomic E-state index is 0.309. The maximum absolute atomic E-state index is 12.6. The van der Waals surface area contributed by atoms with Crippen molar-refractivity contribution < 1.29 is 0 Å². The smallest absolute Gasteiger partial charge is 0.277 e. The molecule has 10 nitrogen and oxygen atoms in total. The summed E-state index contributed by atoms with van der Waals surface area (Å²) in [5.74, 6) is 2.09. The number of pyridine rings is 1. The molecule has 2 saturated heterocycles. The van der Waals surface area contributed by atoms with E-state index in [1.807, 2.05) is 12.1 Å². The van der Waals surface area contributed by atoms with Crippen molar-refractivity contribution in [3.05, 3.63) is 34.9 Å². The number of piperazine rings is 1. The Morgan fingerprint density at radius 1 is 0.939 bits per heavy atom. The average Bonchev–Trinajstić information content (AvgIpc) is 3.14. The lowest BCUT2D eigenvalue weighted by molar-refractivity contribution is 0.270. The first-order valence-corrected chi connectivity index (χ1v) is 11.9. The molecular formula is C23H31N9O. The van der Waals surface area contributed by atoms with Crippen molar-refractivity contribution in [1.82, 2.24) is 30.0 Å². The Morgan fingerprint density at radius 2 is 1.73 bits per heavy atom. The van der Waals surface area contributed by atoms with Crippen LogP contribution in [-0.4, -0.2) is 75.9 Å². The highest BCUT2D eigenvalue weighted by molar-refractivity contribution is 5.90. The molecule has 0 unspecified atom stereocenters. The fourth-order valence-electron chi connectivity index (χ4n) is 4.57. The van der Waals surface area contributed by atoms with E-state index in [9.17, 15) is 4.79 Å². The third-order valence-electron chi connectivity index (χ3n) is 6.55. The van der Waals surface area contributed by atoms with Crippen LogP contribution in [0.25, 0.3) is 10.9 Å². The van der Waals surface area contributed by atoms with Gasteiger partial charge in [-0.15, -0.1) is 0 Å². The molecular weight excluding hydrogens is 418 g/mol. The number of rotatable bonds is 5. The van der Waals surface area contributed by atoms with Crippen molar-refractivity contribution in [2.45, 2.75) is 32.6 Å². The average molecular weight is 450 g/mol. The van der Waals surface area contributed by atoms with Gasteiger partial charge in [0.2, 0.25) is 5.95 Å². The van der Waals surface area contributed by atoms with Crippen LogP contribution < -0.4 is 20.7 Å². The molecule has 0 aliphatic carbocycles. The second-order valence-electron chi connectivity index (χ2n) is 8.68. The molecule has 0 radical (unpaired) electrons. The maximum Gasteiger partial charge on any atom is 0.277 e. The molecule has 174 valence electrons. The van der Waals surface area contributed by atoms with E-state index in [0.29, 0.717) is 22.7 Å². The number of fused-ring (bicyclic) bond motifs is 1. The summed E-state index contributed by atoms with van der Waals surface area (Å²) in [4.78, 5) is 33.6. The fourth-order valence-corrected chi connectivity index (χ4v) is 4.57. The highest BCUT2D eigenvalue weighted by Crippen LogP contribution is 2.25. The molecule has 2 N–H and O–H groups in total. The molecule has 0 spiro atoms. The maximum atomic E-state index is 12.6. The molecule has 5 rings (SSSR count). The predicted octanol–water partition coefficient (Wildman–Crippen LogP) is 2.37. The topological polar surface area (TPSA) is 106 Å². The largest absolute Gasteiger partial charge is 0.354 e. The van der Waals surface area contributed by atoms with Crippen LogP contribution in [-0.2, 0) is 0 Å².